The number of rotatable bonds is 5. The van der Waals surface area contributed by atoms with Gasteiger partial charge in [0.2, 0.25) is 0 Å². The molecule has 1 atom stereocenters. The number of oxazole rings is 1. The number of methoxy groups -OCH3 is 1. The Morgan fingerprint density at radius 2 is 2.44 bits per heavy atom. The third-order valence-corrected chi connectivity index (χ3v) is 3.21. The third-order valence-electron chi connectivity index (χ3n) is 3.21. The Hall–Kier alpha value is -1.07. The van der Waals surface area contributed by atoms with Crippen molar-refractivity contribution >= 4 is 6.01 Å². The molecule has 1 aliphatic rings. The molecular weight excluding hydrogens is 230 g/mol. The highest BCUT2D eigenvalue weighted by molar-refractivity contribution is 5.28. The summed E-state index contributed by atoms with van der Waals surface area (Å²) >= 11 is 0. The lowest BCUT2D eigenvalue weighted by atomic mass is 10.1. The van der Waals surface area contributed by atoms with Gasteiger partial charge >= 0.3 is 0 Å². The van der Waals surface area contributed by atoms with E-state index in [9.17, 15) is 0 Å². The van der Waals surface area contributed by atoms with Crippen LogP contribution in [0, 0.1) is 0 Å². The summed E-state index contributed by atoms with van der Waals surface area (Å²) in [6.07, 6.45) is 4.28. The van der Waals surface area contributed by atoms with Crippen LogP contribution in [0.3, 0.4) is 0 Å². The van der Waals surface area contributed by atoms with Crippen LogP contribution in [0.15, 0.2) is 10.7 Å². The monoisotopic (exact) mass is 253 g/mol. The van der Waals surface area contributed by atoms with Gasteiger partial charge in [0.25, 0.3) is 6.01 Å². The van der Waals surface area contributed by atoms with Crippen LogP contribution in [0.2, 0.25) is 0 Å². The molecule has 5 heteroatoms. The fourth-order valence-electron chi connectivity index (χ4n) is 2.14. The van der Waals surface area contributed by atoms with Crippen LogP contribution in [0.25, 0.3) is 0 Å². The largest absolute Gasteiger partial charge is 0.432 e. The molecule has 5 nitrogen and oxygen atoms in total. The van der Waals surface area contributed by atoms with Gasteiger partial charge in [0.1, 0.15) is 6.26 Å². The summed E-state index contributed by atoms with van der Waals surface area (Å²) in [6, 6.07) is 1.18. The van der Waals surface area contributed by atoms with E-state index in [2.05, 4.69) is 29.0 Å². The van der Waals surface area contributed by atoms with E-state index in [1.807, 2.05) is 0 Å². The van der Waals surface area contributed by atoms with Crippen LogP contribution in [0.4, 0.5) is 6.01 Å². The molecule has 18 heavy (non-hydrogen) atoms. The van der Waals surface area contributed by atoms with E-state index >= 15 is 0 Å². The van der Waals surface area contributed by atoms with Crippen LogP contribution < -0.4 is 10.2 Å². The first-order valence-electron chi connectivity index (χ1n) is 6.64. The zero-order chi connectivity index (χ0) is 13.0. The van der Waals surface area contributed by atoms with Gasteiger partial charge in [0.15, 0.2) is 0 Å². The standard InChI is InChI=1S/C13H23N3O2/c1-10(2)14-7-11-9-18-13(15-11)16-6-4-5-12(8-16)17-3/h9-10,12,14H,4-8H2,1-3H3. The lowest BCUT2D eigenvalue weighted by Crippen LogP contribution is -2.39. The van der Waals surface area contributed by atoms with Gasteiger partial charge in [-0.3, -0.25) is 0 Å². The average Bonchev–Trinajstić information content (AvgIpc) is 2.85. The molecule has 0 radical (unpaired) electrons. The minimum atomic E-state index is 0.294. The van der Waals surface area contributed by atoms with E-state index in [1.54, 1.807) is 13.4 Å². The molecule has 2 heterocycles. The fourth-order valence-corrected chi connectivity index (χ4v) is 2.14. The number of ether oxygens (including phenoxy) is 1. The minimum Gasteiger partial charge on any atom is -0.432 e. The van der Waals surface area contributed by atoms with E-state index < -0.39 is 0 Å². The lowest BCUT2D eigenvalue weighted by molar-refractivity contribution is 0.0879. The number of nitrogens with one attached hydrogen (secondary N) is 1. The van der Waals surface area contributed by atoms with Gasteiger partial charge in [-0.2, -0.15) is 4.98 Å². The zero-order valence-corrected chi connectivity index (χ0v) is 11.5. The molecule has 1 aromatic rings. The van der Waals surface area contributed by atoms with Crippen LogP contribution in [0.5, 0.6) is 0 Å². The molecular formula is C13H23N3O2. The number of aromatic nitrogens is 1. The molecule has 1 aromatic heterocycles. The smallest absolute Gasteiger partial charge is 0.297 e. The summed E-state index contributed by atoms with van der Waals surface area (Å²) in [5, 5.41) is 3.33. The molecule has 0 spiro atoms. The van der Waals surface area contributed by atoms with Crippen molar-refractivity contribution < 1.29 is 9.15 Å². The van der Waals surface area contributed by atoms with Crippen molar-refractivity contribution in [1.29, 1.82) is 0 Å². The maximum atomic E-state index is 5.55. The number of hydrogen-bond donors (Lipinski definition) is 1. The lowest BCUT2D eigenvalue weighted by Gasteiger charge is -2.30. The molecule has 0 aliphatic carbocycles. The molecule has 0 saturated carbocycles. The zero-order valence-electron chi connectivity index (χ0n) is 11.5. The highest BCUT2D eigenvalue weighted by Crippen LogP contribution is 2.20. The molecule has 1 aliphatic heterocycles. The quantitative estimate of drug-likeness (QED) is 0.867. The number of anilines is 1. The van der Waals surface area contributed by atoms with Crippen molar-refractivity contribution in [1.82, 2.24) is 10.3 Å². The van der Waals surface area contributed by atoms with E-state index in [0.29, 0.717) is 12.1 Å². The summed E-state index contributed by atoms with van der Waals surface area (Å²) in [4.78, 5) is 6.68. The van der Waals surface area contributed by atoms with Gasteiger partial charge in [0.05, 0.1) is 11.8 Å². The van der Waals surface area contributed by atoms with Crippen LogP contribution in [0.1, 0.15) is 32.4 Å². The van der Waals surface area contributed by atoms with Crippen molar-refractivity contribution in [2.45, 2.75) is 45.4 Å². The molecule has 2 rings (SSSR count). The maximum Gasteiger partial charge on any atom is 0.297 e. The van der Waals surface area contributed by atoms with Gasteiger partial charge in [-0.05, 0) is 12.8 Å². The van der Waals surface area contributed by atoms with E-state index in [1.165, 1.54) is 0 Å². The number of nitrogens with zero attached hydrogens (tertiary/aromatic N) is 2. The van der Waals surface area contributed by atoms with Gasteiger partial charge in [-0.15, -0.1) is 0 Å². The van der Waals surface area contributed by atoms with Gasteiger partial charge in [-0.1, -0.05) is 13.8 Å². The van der Waals surface area contributed by atoms with E-state index in [0.717, 1.165) is 44.2 Å². The second kappa shape index (κ2) is 6.20. The Morgan fingerprint density at radius 1 is 1.61 bits per heavy atom. The van der Waals surface area contributed by atoms with Crippen molar-refractivity contribution in [3.8, 4) is 0 Å². The second-order valence-corrected chi connectivity index (χ2v) is 5.10. The molecule has 0 aromatic carbocycles. The molecule has 1 fully saturated rings. The normalized spacial score (nSPS) is 20.7. The first-order chi connectivity index (χ1) is 8.69. The minimum absolute atomic E-state index is 0.294. The molecule has 1 N–H and O–H groups in total. The molecule has 1 unspecified atom stereocenters. The van der Waals surface area contributed by atoms with Crippen molar-refractivity contribution in [3.05, 3.63) is 12.0 Å². The fraction of sp³-hybridized carbons (Fsp3) is 0.769. The Kier molecular flexibility index (Phi) is 4.60. The molecule has 1 saturated heterocycles. The first kappa shape index (κ1) is 13.4. The van der Waals surface area contributed by atoms with Crippen molar-refractivity contribution in [2.24, 2.45) is 0 Å². The summed E-state index contributed by atoms with van der Waals surface area (Å²) in [5.74, 6) is 0. The highest BCUT2D eigenvalue weighted by Gasteiger charge is 2.22. The Labute approximate surface area is 109 Å². The predicted molar refractivity (Wildman–Crippen MR) is 70.7 cm³/mol. The van der Waals surface area contributed by atoms with Crippen LogP contribution >= 0.6 is 0 Å². The molecule has 102 valence electrons. The van der Waals surface area contributed by atoms with Gasteiger partial charge in [-0.25, -0.2) is 0 Å². The third kappa shape index (κ3) is 3.46. The maximum absolute atomic E-state index is 5.55. The predicted octanol–water partition coefficient (Wildman–Crippen LogP) is 1.79. The number of piperidine rings is 1. The SMILES string of the molecule is COC1CCCN(c2nc(CNC(C)C)co2)C1. The van der Waals surface area contributed by atoms with Crippen molar-refractivity contribution in [2.75, 3.05) is 25.1 Å². The highest BCUT2D eigenvalue weighted by atomic mass is 16.5. The summed E-state index contributed by atoms with van der Waals surface area (Å²) in [6.45, 7) is 6.86. The van der Waals surface area contributed by atoms with Crippen LogP contribution in [-0.2, 0) is 11.3 Å². The topological polar surface area (TPSA) is 50.5 Å². The van der Waals surface area contributed by atoms with Crippen molar-refractivity contribution in [3.63, 3.8) is 0 Å². The van der Waals surface area contributed by atoms with Gasteiger partial charge in [0, 0.05) is 32.8 Å². The Morgan fingerprint density at radius 3 is 3.17 bits per heavy atom. The second-order valence-electron chi connectivity index (χ2n) is 5.10. The molecule has 0 bridgehead atoms. The Bertz CT molecular complexity index is 365. The van der Waals surface area contributed by atoms with E-state index in [4.69, 9.17) is 9.15 Å². The van der Waals surface area contributed by atoms with E-state index in [-0.39, 0.29) is 0 Å². The average molecular weight is 253 g/mol. The summed E-state index contributed by atoms with van der Waals surface area (Å²) in [5.41, 5.74) is 0.957. The van der Waals surface area contributed by atoms with Crippen LogP contribution in [-0.4, -0.2) is 37.3 Å². The summed E-state index contributed by atoms with van der Waals surface area (Å²) < 4.78 is 11.0. The molecule has 0 amide bonds. The first-order valence-corrected chi connectivity index (χ1v) is 6.64. The van der Waals surface area contributed by atoms with Gasteiger partial charge < -0.3 is 19.4 Å². The number of hydrogen-bond acceptors (Lipinski definition) is 5. The summed E-state index contributed by atoms with van der Waals surface area (Å²) in [7, 11) is 1.77. The Balaban J connectivity index is 1.92.